The predicted molar refractivity (Wildman–Crippen MR) is 117 cm³/mol. The van der Waals surface area contributed by atoms with Crippen molar-refractivity contribution in [3.05, 3.63) is 77.4 Å². The Morgan fingerprint density at radius 3 is 2.28 bits per heavy atom. The maximum Gasteiger partial charge on any atom is 0.275 e. The standard InChI is InChI=1S/C24H27N3O2/c1-17-7-6-8-18(2)24(17)26-22(28)14-25-23(29)16-27(3)15-19-11-12-20-9-4-5-10-21(20)13-19/h4-13H,14-16H2,1-3H3,(H,25,29)(H,26,28)/p+1. The SMILES string of the molecule is Cc1cccc(C)c1NC(=O)CNC(=O)C[NH+](C)Cc1ccc2ccccc2c1. The Kier molecular flexibility index (Phi) is 6.62. The molecule has 0 aliphatic heterocycles. The second-order valence-electron chi connectivity index (χ2n) is 7.58. The number of carbonyl (C=O) groups excluding carboxylic acids is 2. The first kappa shape index (κ1) is 20.6. The zero-order valence-corrected chi connectivity index (χ0v) is 17.2. The Labute approximate surface area is 171 Å². The molecular formula is C24H28N3O2+. The molecule has 1 atom stereocenters. The molecule has 0 aromatic heterocycles. The minimum Gasteiger partial charge on any atom is -0.342 e. The van der Waals surface area contributed by atoms with Gasteiger partial charge in [0, 0.05) is 11.3 Å². The molecule has 2 amide bonds. The summed E-state index contributed by atoms with van der Waals surface area (Å²) >= 11 is 0. The fourth-order valence-corrected chi connectivity index (χ4v) is 3.47. The highest BCUT2D eigenvalue weighted by Crippen LogP contribution is 2.19. The Morgan fingerprint density at radius 1 is 0.862 bits per heavy atom. The van der Waals surface area contributed by atoms with Crippen LogP contribution in [0, 0.1) is 13.8 Å². The highest BCUT2D eigenvalue weighted by Gasteiger charge is 2.13. The first-order valence-corrected chi connectivity index (χ1v) is 9.84. The Morgan fingerprint density at radius 2 is 1.55 bits per heavy atom. The second-order valence-corrected chi connectivity index (χ2v) is 7.58. The molecule has 3 aromatic carbocycles. The average molecular weight is 391 g/mol. The zero-order valence-electron chi connectivity index (χ0n) is 17.2. The molecule has 0 aliphatic carbocycles. The van der Waals surface area contributed by atoms with E-state index in [-0.39, 0.29) is 18.4 Å². The molecule has 3 rings (SSSR count). The van der Waals surface area contributed by atoms with E-state index in [0.29, 0.717) is 6.54 Å². The molecule has 0 saturated carbocycles. The van der Waals surface area contributed by atoms with Crippen molar-refractivity contribution in [3.63, 3.8) is 0 Å². The molecule has 150 valence electrons. The van der Waals surface area contributed by atoms with Crippen LogP contribution in [0.2, 0.25) is 0 Å². The third kappa shape index (κ3) is 5.65. The summed E-state index contributed by atoms with van der Waals surface area (Å²) in [7, 11) is 1.98. The van der Waals surface area contributed by atoms with Gasteiger partial charge in [0.1, 0.15) is 6.54 Å². The molecule has 3 N–H and O–H groups in total. The van der Waals surface area contributed by atoms with Crippen molar-refractivity contribution in [2.75, 3.05) is 25.5 Å². The van der Waals surface area contributed by atoms with Crippen molar-refractivity contribution in [1.29, 1.82) is 0 Å². The van der Waals surface area contributed by atoms with Crippen LogP contribution in [0.25, 0.3) is 10.8 Å². The number of carbonyl (C=O) groups is 2. The number of benzene rings is 3. The molecular weight excluding hydrogens is 362 g/mol. The molecule has 3 aromatic rings. The first-order valence-electron chi connectivity index (χ1n) is 9.84. The monoisotopic (exact) mass is 390 g/mol. The van der Waals surface area contributed by atoms with Gasteiger partial charge in [-0.05, 0) is 41.8 Å². The number of nitrogens with one attached hydrogen (secondary N) is 3. The van der Waals surface area contributed by atoms with Crippen molar-refractivity contribution in [2.24, 2.45) is 0 Å². The van der Waals surface area contributed by atoms with Crippen molar-refractivity contribution < 1.29 is 14.5 Å². The number of hydrogen-bond acceptors (Lipinski definition) is 2. The molecule has 1 unspecified atom stereocenters. The lowest BCUT2D eigenvalue weighted by Crippen LogP contribution is -3.08. The van der Waals surface area contributed by atoms with Crippen LogP contribution in [0.3, 0.4) is 0 Å². The van der Waals surface area contributed by atoms with Gasteiger partial charge in [0.25, 0.3) is 5.91 Å². The van der Waals surface area contributed by atoms with E-state index in [1.807, 2.05) is 51.2 Å². The number of hydrogen-bond donors (Lipinski definition) is 3. The molecule has 5 nitrogen and oxygen atoms in total. The summed E-state index contributed by atoms with van der Waals surface area (Å²) in [5.41, 5.74) is 4.00. The zero-order chi connectivity index (χ0) is 20.8. The summed E-state index contributed by atoms with van der Waals surface area (Å²) in [5, 5.41) is 8.01. The molecule has 0 heterocycles. The maximum absolute atomic E-state index is 12.2. The van der Waals surface area contributed by atoms with Gasteiger partial charge in [0.05, 0.1) is 13.6 Å². The van der Waals surface area contributed by atoms with Crippen LogP contribution >= 0.6 is 0 Å². The quantitative estimate of drug-likeness (QED) is 0.579. The van der Waals surface area contributed by atoms with E-state index < -0.39 is 0 Å². The number of quaternary nitrogens is 1. The summed E-state index contributed by atoms with van der Waals surface area (Å²) in [6.07, 6.45) is 0. The second kappa shape index (κ2) is 9.34. The van der Waals surface area contributed by atoms with E-state index in [4.69, 9.17) is 0 Å². The lowest BCUT2D eigenvalue weighted by atomic mass is 10.1. The van der Waals surface area contributed by atoms with Crippen LogP contribution in [-0.2, 0) is 16.1 Å². The van der Waals surface area contributed by atoms with Crippen LogP contribution in [0.1, 0.15) is 16.7 Å². The van der Waals surface area contributed by atoms with E-state index in [1.54, 1.807) is 0 Å². The third-order valence-electron chi connectivity index (χ3n) is 4.97. The molecule has 0 saturated heterocycles. The van der Waals surface area contributed by atoms with Gasteiger partial charge in [-0.3, -0.25) is 9.59 Å². The fraction of sp³-hybridized carbons (Fsp3) is 0.250. The van der Waals surface area contributed by atoms with E-state index in [1.165, 1.54) is 16.3 Å². The normalized spacial score (nSPS) is 11.8. The molecule has 0 fully saturated rings. The van der Waals surface area contributed by atoms with Crippen molar-refractivity contribution in [2.45, 2.75) is 20.4 Å². The Bertz CT molecular complexity index is 1010. The number of aryl methyl sites for hydroxylation is 2. The van der Waals surface area contributed by atoms with Gasteiger partial charge in [-0.15, -0.1) is 0 Å². The predicted octanol–water partition coefficient (Wildman–Crippen LogP) is 2.23. The first-order chi connectivity index (χ1) is 13.9. The average Bonchev–Trinajstić information content (AvgIpc) is 2.69. The molecule has 5 heteroatoms. The number of fused-ring (bicyclic) bond motifs is 1. The third-order valence-corrected chi connectivity index (χ3v) is 4.97. The highest BCUT2D eigenvalue weighted by molar-refractivity contribution is 5.95. The Balaban J connectivity index is 1.47. The summed E-state index contributed by atoms with van der Waals surface area (Å²) in [4.78, 5) is 25.5. The van der Waals surface area contributed by atoms with Crippen LogP contribution in [-0.4, -0.2) is 32.0 Å². The van der Waals surface area contributed by atoms with Gasteiger partial charge in [0.15, 0.2) is 6.54 Å². The van der Waals surface area contributed by atoms with Gasteiger partial charge >= 0.3 is 0 Å². The molecule has 29 heavy (non-hydrogen) atoms. The topological polar surface area (TPSA) is 62.6 Å². The van der Waals surface area contributed by atoms with Gasteiger partial charge in [-0.1, -0.05) is 54.6 Å². The summed E-state index contributed by atoms with van der Waals surface area (Å²) in [6, 6.07) is 20.5. The van der Waals surface area contributed by atoms with Gasteiger partial charge < -0.3 is 15.5 Å². The molecule has 0 bridgehead atoms. The molecule has 0 aliphatic rings. The van der Waals surface area contributed by atoms with Crippen LogP contribution < -0.4 is 15.5 Å². The number of para-hydroxylation sites is 1. The lowest BCUT2D eigenvalue weighted by molar-refractivity contribution is -0.885. The smallest absolute Gasteiger partial charge is 0.275 e. The summed E-state index contributed by atoms with van der Waals surface area (Å²) in [5.74, 6) is -0.358. The van der Waals surface area contributed by atoms with Gasteiger partial charge in [-0.25, -0.2) is 0 Å². The van der Waals surface area contributed by atoms with Gasteiger partial charge in [0.2, 0.25) is 5.91 Å². The molecule has 0 spiro atoms. The fourth-order valence-electron chi connectivity index (χ4n) is 3.47. The lowest BCUT2D eigenvalue weighted by Gasteiger charge is -2.15. The van der Waals surface area contributed by atoms with Gasteiger partial charge in [-0.2, -0.15) is 0 Å². The van der Waals surface area contributed by atoms with Crippen LogP contribution in [0.5, 0.6) is 0 Å². The van der Waals surface area contributed by atoms with Crippen LogP contribution in [0.15, 0.2) is 60.7 Å². The number of likely N-dealkylation sites (N-methyl/N-ethyl adjacent to an activating group) is 1. The molecule has 0 radical (unpaired) electrons. The Hall–Kier alpha value is -3.18. The highest BCUT2D eigenvalue weighted by atomic mass is 16.2. The summed E-state index contributed by atoms with van der Waals surface area (Å²) in [6.45, 7) is 4.92. The van der Waals surface area contributed by atoms with Crippen LogP contribution in [0.4, 0.5) is 5.69 Å². The summed E-state index contributed by atoms with van der Waals surface area (Å²) < 4.78 is 0. The van der Waals surface area contributed by atoms with E-state index in [9.17, 15) is 9.59 Å². The minimum atomic E-state index is -0.220. The largest absolute Gasteiger partial charge is 0.342 e. The van der Waals surface area contributed by atoms with E-state index in [2.05, 4.69) is 41.0 Å². The number of rotatable bonds is 7. The number of anilines is 1. The van der Waals surface area contributed by atoms with Crippen molar-refractivity contribution in [3.8, 4) is 0 Å². The van der Waals surface area contributed by atoms with E-state index in [0.717, 1.165) is 28.3 Å². The minimum absolute atomic E-state index is 0.0319. The maximum atomic E-state index is 12.2. The van der Waals surface area contributed by atoms with E-state index >= 15 is 0 Å². The van der Waals surface area contributed by atoms with Crippen molar-refractivity contribution >= 4 is 28.3 Å². The number of amides is 2. The van der Waals surface area contributed by atoms with Crippen molar-refractivity contribution in [1.82, 2.24) is 5.32 Å².